The number of aromatic nitrogens is 2. The van der Waals surface area contributed by atoms with Crippen molar-refractivity contribution in [2.75, 3.05) is 6.61 Å². The number of hydrogen-bond acceptors (Lipinski definition) is 2. The smallest absolute Gasteiger partial charge is 0.112 e. The zero-order valence-corrected chi connectivity index (χ0v) is 14.1. The number of hydrogen-bond donors (Lipinski definition) is 1. The third-order valence-electron chi connectivity index (χ3n) is 4.23. The number of benzene rings is 2. The molecule has 120 valence electrons. The molecule has 1 N–H and O–H groups in total. The molecule has 0 unspecified atom stereocenters. The molecule has 3 nitrogen and oxygen atoms in total. The SMILES string of the molecule is CC(C)(C)c1ccc(Cn2c(CCO)nc3ccccc32)cc1. The fraction of sp³-hybridized carbons (Fsp3) is 0.350. The number of imidazole rings is 1. The monoisotopic (exact) mass is 308 g/mol. The molecular weight excluding hydrogens is 284 g/mol. The van der Waals surface area contributed by atoms with E-state index >= 15 is 0 Å². The molecule has 0 saturated heterocycles. The molecule has 0 aliphatic carbocycles. The number of aliphatic hydroxyl groups excluding tert-OH is 1. The first kappa shape index (κ1) is 15.8. The van der Waals surface area contributed by atoms with Crippen LogP contribution in [0.15, 0.2) is 48.5 Å². The summed E-state index contributed by atoms with van der Waals surface area (Å²) in [6, 6.07) is 16.9. The van der Waals surface area contributed by atoms with Gasteiger partial charge in [-0.25, -0.2) is 4.98 Å². The van der Waals surface area contributed by atoms with Crippen LogP contribution < -0.4 is 0 Å². The molecular formula is C20H24N2O. The van der Waals surface area contributed by atoms with Crippen LogP contribution in [-0.2, 0) is 18.4 Å². The van der Waals surface area contributed by atoms with Crippen molar-refractivity contribution in [3.8, 4) is 0 Å². The minimum absolute atomic E-state index is 0.117. The number of para-hydroxylation sites is 2. The summed E-state index contributed by atoms with van der Waals surface area (Å²) >= 11 is 0. The largest absolute Gasteiger partial charge is 0.396 e. The lowest BCUT2D eigenvalue weighted by Gasteiger charge is -2.19. The maximum absolute atomic E-state index is 9.31. The van der Waals surface area contributed by atoms with Gasteiger partial charge < -0.3 is 9.67 Å². The highest BCUT2D eigenvalue weighted by Gasteiger charge is 2.14. The minimum Gasteiger partial charge on any atom is -0.396 e. The number of fused-ring (bicyclic) bond motifs is 1. The van der Waals surface area contributed by atoms with E-state index in [4.69, 9.17) is 0 Å². The first-order valence-corrected chi connectivity index (χ1v) is 8.13. The Morgan fingerprint density at radius 2 is 1.70 bits per heavy atom. The predicted molar refractivity (Wildman–Crippen MR) is 94.8 cm³/mol. The highest BCUT2D eigenvalue weighted by Crippen LogP contribution is 2.23. The normalized spacial score (nSPS) is 12.0. The van der Waals surface area contributed by atoms with Gasteiger partial charge in [0.15, 0.2) is 0 Å². The van der Waals surface area contributed by atoms with Crippen LogP contribution in [0.25, 0.3) is 11.0 Å². The molecule has 2 aromatic carbocycles. The summed E-state index contributed by atoms with van der Waals surface area (Å²) in [5.74, 6) is 0.939. The maximum atomic E-state index is 9.31. The summed E-state index contributed by atoms with van der Waals surface area (Å²) in [5.41, 5.74) is 4.87. The third-order valence-corrected chi connectivity index (χ3v) is 4.23. The molecule has 0 aliphatic rings. The number of rotatable bonds is 4. The molecule has 3 heteroatoms. The zero-order chi connectivity index (χ0) is 16.4. The van der Waals surface area contributed by atoms with Gasteiger partial charge in [0.1, 0.15) is 5.82 Å². The van der Waals surface area contributed by atoms with Gasteiger partial charge in [-0.15, -0.1) is 0 Å². The minimum atomic E-state index is 0.117. The molecule has 0 bridgehead atoms. The predicted octanol–water partition coefficient (Wildman–Crippen LogP) is 3.92. The van der Waals surface area contributed by atoms with Crippen molar-refractivity contribution < 1.29 is 5.11 Å². The molecule has 1 heterocycles. The van der Waals surface area contributed by atoms with E-state index in [0.29, 0.717) is 6.42 Å². The van der Waals surface area contributed by atoms with Crippen molar-refractivity contribution in [1.29, 1.82) is 0 Å². The van der Waals surface area contributed by atoms with Crippen LogP contribution in [-0.4, -0.2) is 21.3 Å². The Labute approximate surface area is 137 Å². The van der Waals surface area contributed by atoms with Crippen LogP contribution in [0.3, 0.4) is 0 Å². The average Bonchev–Trinajstić information content (AvgIpc) is 2.85. The van der Waals surface area contributed by atoms with Crippen molar-refractivity contribution in [1.82, 2.24) is 9.55 Å². The fourth-order valence-electron chi connectivity index (χ4n) is 2.89. The van der Waals surface area contributed by atoms with Crippen LogP contribution in [0, 0.1) is 0 Å². The Morgan fingerprint density at radius 3 is 2.35 bits per heavy atom. The van der Waals surface area contributed by atoms with Crippen LogP contribution in [0.2, 0.25) is 0 Å². The molecule has 0 fully saturated rings. The van der Waals surface area contributed by atoms with E-state index in [0.717, 1.165) is 23.4 Å². The summed E-state index contributed by atoms with van der Waals surface area (Å²) in [6.07, 6.45) is 0.578. The highest BCUT2D eigenvalue weighted by molar-refractivity contribution is 5.76. The maximum Gasteiger partial charge on any atom is 0.112 e. The first-order chi connectivity index (χ1) is 11.0. The third kappa shape index (κ3) is 3.30. The Balaban J connectivity index is 1.96. The van der Waals surface area contributed by atoms with Crippen molar-refractivity contribution in [2.45, 2.75) is 39.2 Å². The Hall–Kier alpha value is -2.13. The molecule has 3 rings (SSSR count). The molecule has 0 aliphatic heterocycles. The van der Waals surface area contributed by atoms with Gasteiger partial charge in [0.2, 0.25) is 0 Å². The van der Waals surface area contributed by atoms with E-state index < -0.39 is 0 Å². The fourth-order valence-corrected chi connectivity index (χ4v) is 2.89. The molecule has 3 aromatic rings. The van der Waals surface area contributed by atoms with Crippen LogP contribution in [0.4, 0.5) is 0 Å². The summed E-state index contributed by atoms with van der Waals surface area (Å²) < 4.78 is 2.21. The van der Waals surface area contributed by atoms with E-state index in [1.54, 1.807) is 0 Å². The first-order valence-electron chi connectivity index (χ1n) is 8.13. The Morgan fingerprint density at radius 1 is 1.00 bits per heavy atom. The Kier molecular flexibility index (Phi) is 4.22. The van der Waals surface area contributed by atoms with Gasteiger partial charge in [-0.05, 0) is 28.7 Å². The van der Waals surface area contributed by atoms with Crippen LogP contribution in [0.5, 0.6) is 0 Å². The quantitative estimate of drug-likeness (QED) is 0.793. The number of aliphatic hydroxyl groups is 1. The Bertz CT molecular complexity index is 795. The topological polar surface area (TPSA) is 38.0 Å². The molecule has 0 saturated carbocycles. The van der Waals surface area contributed by atoms with Crippen molar-refractivity contribution in [3.05, 3.63) is 65.5 Å². The second kappa shape index (κ2) is 6.17. The summed E-state index contributed by atoms with van der Waals surface area (Å²) in [5, 5.41) is 9.31. The molecule has 1 aromatic heterocycles. The summed E-state index contributed by atoms with van der Waals surface area (Å²) in [7, 11) is 0. The van der Waals surface area contributed by atoms with Gasteiger partial charge in [-0.2, -0.15) is 0 Å². The van der Waals surface area contributed by atoms with E-state index in [9.17, 15) is 5.11 Å². The molecule has 0 spiro atoms. The van der Waals surface area contributed by atoms with E-state index in [-0.39, 0.29) is 12.0 Å². The van der Waals surface area contributed by atoms with Crippen molar-refractivity contribution in [2.24, 2.45) is 0 Å². The zero-order valence-electron chi connectivity index (χ0n) is 14.1. The van der Waals surface area contributed by atoms with Gasteiger partial charge in [0.05, 0.1) is 17.6 Å². The van der Waals surface area contributed by atoms with Crippen molar-refractivity contribution in [3.63, 3.8) is 0 Å². The standard InChI is InChI=1S/C20H24N2O/c1-20(2,3)16-10-8-15(9-11-16)14-22-18-7-5-4-6-17(18)21-19(22)12-13-23/h4-11,23H,12-14H2,1-3H3. The van der Waals surface area contributed by atoms with E-state index in [1.165, 1.54) is 11.1 Å². The van der Waals surface area contributed by atoms with Crippen LogP contribution >= 0.6 is 0 Å². The molecule has 0 atom stereocenters. The second-order valence-electron chi connectivity index (χ2n) is 7.02. The molecule has 0 amide bonds. The van der Waals surface area contributed by atoms with Gasteiger partial charge in [0, 0.05) is 13.0 Å². The summed E-state index contributed by atoms with van der Waals surface area (Å²) in [6.45, 7) is 7.58. The molecule has 23 heavy (non-hydrogen) atoms. The van der Waals surface area contributed by atoms with Gasteiger partial charge >= 0.3 is 0 Å². The van der Waals surface area contributed by atoms with E-state index in [1.807, 2.05) is 18.2 Å². The lowest BCUT2D eigenvalue weighted by molar-refractivity contribution is 0.295. The van der Waals surface area contributed by atoms with Gasteiger partial charge in [-0.3, -0.25) is 0 Å². The second-order valence-corrected chi connectivity index (χ2v) is 7.02. The molecule has 0 radical (unpaired) electrons. The lowest BCUT2D eigenvalue weighted by atomic mass is 9.87. The number of nitrogens with zero attached hydrogens (tertiary/aromatic N) is 2. The summed E-state index contributed by atoms with van der Waals surface area (Å²) in [4.78, 5) is 4.66. The van der Waals surface area contributed by atoms with E-state index in [2.05, 4.69) is 60.7 Å². The van der Waals surface area contributed by atoms with Gasteiger partial charge in [-0.1, -0.05) is 57.2 Å². The average molecular weight is 308 g/mol. The van der Waals surface area contributed by atoms with Crippen LogP contribution in [0.1, 0.15) is 37.7 Å². The lowest BCUT2D eigenvalue weighted by Crippen LogP contribution is -2.11. The highest BCUT2D eigenvalue weighted by atomic mass is 16.3. The van der Waals surface area contributed by atoms with Crippen molar-refractivity contribution >= 4 is 11.0 Å². The van der Waals surface area contributed by atoms with Gasteiger partial charge in [0.25, 0.3) is 0 Å².